The number of nitrogens with zero attached hydrogens (tertiary/aromatic N) is 2. The first-order valence-corrected chi connectivity index (χ1v) is 6.75. The lowest BCUT2D eigenvalue weighted by atomic mass is 10.0. The van der Waals surface area contributed by atoms with Crippen LogP contribution in [0, 0.1) is 0 Å². The molecule has 1 aromatic rings. The molecule has 0 aromatic carbocycles. The Morgan fingerprint density at radius 1 is 1.33 bits per heavy atom. The molecule has 0 amide bonds. The van der Waals surface area contributed by atoms with Gasteiger partial charge in [-0.25, -0.2) is 0 Å². The second-order valence-corrected chi connectivity index (χ2v) is 4.94. The molecule has 1 atom stereocenters. The standard InChI is InChI=1S/C13H25N3O2/c1-5-8-17-9-13(4,14)12-15-11(18-16-12)10(6-2)7-3/h10H,5-9,14H2,1-4H3. The highest BCUT2D eigenvalue weighted by atomic mass is 16.5. The van der Waals surface area contributed by atoms with Gasteiger partial charge in [0.05, 0.1) is 6.61 Å². The third-order valence-corrected chi connectivity index (χ3v) is 3.04. The van der Waals surface area contributed by atoms with Gasteiger partial charge in [0.25, 0.3) is 0 Å². The molecule has 0 spiro atoms. The van der Waals surface area contributed by atoms with Crippen LogP contribution in [0.1, 0.15) is 64.6 Å². The van der Waals surface area contributed by atoms with Crippen molar-refractivity contribution in [1.29, 1.82) is 0 Å². The molecule has 0 fully saturated rings. The second-order valence-electron chi connectivity index (χ2n) is 4.94. The van der Waals surface area contributed by atoms with Crippen LogP contribution in [0.25, 0.3) is 0 Å². The summed E-state index contributed by atoms with van der Waals surface area (Å²) in [6, 6.07) is 0. The molecule has 0 bridgehead atoms. The molecule has 5 heteroatoms. The normalized spacial score (nSPS) is 15.0. The predicted molar refractivity (Wildman–Crippen MR) is 70.3 cm³/mol. The predicted octanol–water partition coefficient (Wildman–Crippen LogP) is 2.57. The van der Waals surface area contributed by atoms with Gasteiger partial charge in [-0.05, 0) is 26.2 Å². The first kappa shape index (κ1) is 15.1. The van der Waals surface area contributed by atoms with E-state index < -0.39 is 5.54 Å². The van der Waals surface area contributed by atoms with Crippen molar-refractivity contribution in [3.63, 3.8) is 0 Å². The number of nitrogens with two attached hydrogens (primary N) is 1. The van der Waals surface area contributed by atoms with Gasteiger partial charge >= 0.3 is 0 Å². The zero-order valence-corrected chi connectivity index (χ0v) is 11.9. The number of hydrogen-bond acceptors (Lipinski definition) is 5. The third-order valence-electron chi connectivity index (χ3n) is 3.04. The Morgan fingerprint density at radius 2 is 2.00 bits per heavy atom. The van der Waals surface area contributed by atoms with Gasteiger partial charge in [-0.15, -0.1) is 0 Å². The summed E-state index contributed by atoms with van der Waals surface area (Å²) in [5.74, 6) is 1.53. The highest BCUT2D eigenvalue weighted by Gasteiger charge is 2.29. The van der Waals surface area contributed by atoms with E-state index in [1.54, 1.807) is 0 Å². The molecule has 2 N–H and O–H groups in total. The van der Waals surface area contributed by atoms with Crippen molar-refractivity contribution in [3.05, 3.63) is 11.7 Å². The number of aromatic nitrogens is 2. The fourth-order valence-corrected chi connectivity index (χ4v) is 1.76. The van der Waals surface area contributed by atoms with Gasteiger partial charge in [0, 0.05) is 12.5 Å². The van der Waals surface area contributed by atoms with E-state index >= 15 is 0 Å². The van der Waals surface area contributed by atoms with Crippen LogP contribution < -0.4 is 5.73 Å². The van der Waals surface area contributed by atoms with Crippen molar-refractivity contribution >= 4 is 0 Å². The molecule has 1 rings (SSSR count). The lowest BCUT2D eigenvalue weighted by molar-refractivity contribution is 0.0867. The van der Waals surface area contributed by atoms with E-state index in [2.05, 4.69) is 30.9 Å². The highest BCUT2D eigenvalue weighted by molar-refractivity contribution is 5.03. The van der Waals surface area contributed by atoms with E-state index in [1.807, 2.05) is 6.92 Å². The van der Waals surface area contributed by atoms with Crippen molar-refractivity contribution in [2.75, 3.05) is 13.2 Å². The van der Waals surface area contributed by atoms with Crippen LogP contribution in [0.15, 0.2) is 4.52 Å². The molecule has 0 radical (unpaired) electrons. The Bertz CT molecular complexity index is 346. The molecule has 0 saturated heterocycles. The fourth-order valence-electron chi connectivity index (χ4n) is 1.76. The molecule has 5 nitrogen and oxygen atoms in total. The second kappa shape index (κ2) is 6.85. The molecule has 0 aliphatic heterocycles. The van der Waals surface area contributed by atoms with Gasteiger partial charge in [0.15, 0.2) is 5.82 Å². The summed E-state index contributed by atoms with van der Waals surface area (Å²) in [6.45, 7) is 9.26. The van der Waals surface area contributed by atoms with Gasteiger partial charge < -0.3 is 15.0 Å². The van der Waals surface area contributed by atoms with Gasteiger partial charge in [0.2, 0.25) is 5.89 Å². The summed E-state index contributed by atoms with van der Waals surface area (Å²) in [4.78, 5) is 4.42. The fraction of sp³-hybridized carbons (Fsp3) is 0.846. The van der Waals surface area contributed by atoms with Crippen molar-refractivity contribution in [2.24, 2.45) is 5.73 Å². The van der Waals surface area contributed by atoms with E-state index in [0.29, 0.717) is 30.8 Å². The van der Waals surface area contributed by atoms with Gasteiger partial charge in [0.1, 0.15) is 5.54 Å². The largest absolute Gasteiger partial charge is 0.379 e. The van der Waals surface area contributed by atoms with Crippen LogP contribution in [-0.2, 0) is 10.3 Å². The zero-order chi connectivity index (χ0) is 13.6. The number of rotatable bonds is 8. The smallest absolute Gasteiger partial charge is 0.229 e. The van der Waals surface area contributed by atoms with E-state index in [-0.39, 0.29) is 0 Å². The molecule has 0 aliphatic carbocycles. The Hall–Kier alpha value is -0.940. The summed E-state index contributed by atoms with van der Waals surface area (Å²) in [5, 5.41) is 3.99. The molecule has 18 heavy (non-hydrogen) atoms. The minimum absolute atomic E-state index is 0.318. The molecule has 1 heterocycles. The minimum Gasteiger partial charge on any atom is -0.379 e. The summed E-state index contributed by atoms with van der Waals surface area (Å²) < 4.78 is 10.8. The topological polar surface area (TPSA) is 74.2 Å². The molecular formula is C13H25N3O2. The number of hydrogen-bond donors (Lipinski definition) is 1. The Kier molecular flexibility index (Phi) is 5.75. The lowest BCUT2D eigenvalue weighted by Crippen LogP contribution is -2.39. The van der Waals surface area contributed by atoms with Gasteiger partial charge in [-0.2, -0.15) is 4.98 Å². The van der Waals surface area contributed by atoms with E-state index in [9.17, 15) is 0 Å². The quantitative estimate of drug-likeness (QED) is 0.723. The maximum atomic E-state index is 6.17. The zero-order valence-electron chi connectivity index (χ0n) is 11.9. The van der Waals surface area contributed by atoms with Crippen LogP contribution in [0.2, 0.25) is 0 Å². The van der Waals surface area contributed by atoms with Gasteiger partial charge in [-0.1, -0.05) is 25.9 Å². The highest BCUT2D eigenvalue weighted by Crippen LogP contribution is 2.23. The average Bonchev–Trinajstić information content (AvgIpc) is 2.81. The van der Waals surface area contributed by atoms with Crippen LogP contribution in [0.4, 0.5) is 0 Å². The SMILES string of the molecule is CCCOCC(C)(N)c1noc(C(CC)CC)n1. The summed E-state index contributed by atoms with van der Waals surface area (Å²) >= 11 is 0. The van der Waals surface area contributed by atoms with E-state index in [1.165, 1.54) is 0 Å². The maximum absolute atomic E-state index is 6.17. The Balaban J connectivity index is 2.71. The summed E-state index contributed by atoms with van der Waals surface area (Å²) in [7, 11) is 0. The number of ether oxygens (including phenoxy) is 1. The lowest BCUT2D eigenvalue weighted by Gasteiger charge is -2.20. The van der Waals surface area contributed by atoms with Crippen molar-refractivity contribution in [3.8, 4) is 0 Å². The van der Waals surface area contributed by atoms with Crippen LogP contribution in [-0.4, -0.2) is 23.4 Å². The molecular weight excluding hydrogens is 230 g/mol. The van der Waals surface area contributed by atoms with E-state index in [0.717, 1.165) is 19.3 Å². The van der Waals surface area contributed by atoms with Gasteiger partial charge in [-0.3, -0.25) is 0 Å². The molecule has 1 unspecified atom stereocenters. The average molecular weight is 255 g/mol. The van der Waals surface area contributed by atoms with Crippen molar-refractivity contribution < 1.29 is 9.26 Å². The van der Waals surface area contributed by atoms with Crippen LogP contribution in [0.3, 0.4) is 0 Å². The molecule has 1 aromatic heterocycles. The van der Waals surface area contributed by atoms with Crippen molar-refractivity contribution in [2.45, 2.75) is 58.4 Å². The minimum atomic E-state index is -0.692. The molecule has 104 valence electrons. The maximum Gasteiger partial charge on any atom is 0.229 e. The van der Waals surface area contributed by atoms with Crippen LogP contribution >= 0.6 is 0 Å². The van der Waals surface area contributed by atoms with E-state index in [4.69, 9.17) is 15.0 Å². The first-order valence-electron chi connectivity index (χ1n) is 6.75. The van der Waals surface area contributed by atoms with Crippen LogP contribution in [0.5, 0.6) is 0 Å². The third kappa shape index (κ3) is 3.78. The Labute approximate surface area is 109 Å². The Morgan fingerprint density at radius 3 is 2.56 bits per heavy atom. The molecule has 0 aliphatic rings. The summed E-state index contributed by atoms with van der Waals surface area (Å²) in [6.07, 6.45) is 2.96. The molecule has 0 saturated carbocycles. The van der Waals surface area contributed by atoms with Crippen molar-refractivity contribution in [1.82, 2.24) is 10.1 Å². The summed E-state index contributed by atoms with van der Waals surface area (Å²) in [5.41, 5.74) is 5.47. The first-order chi connectivity index (χ1) is 8.55. The monoisotopic (exact) mass is 255 g/mol.